The summed E-state index contributed by atoms with van der Waals surface area (Å²) >= 11 is 0. The molecule has 2 heterocycles. The van der Waals surface area contributed by atoms with Gasteiger partial charge in [-0.2, -0.15) is 13.2 Å². The second-order valence-corrected chi connectivity index (χ2v) is 6.87. The molecule has 166 valence electrons. The fourth-order valence-corrected chi connectivity index (χ4v) is 2.63. The van der Waals surface area contributed by atoms with E-state index in [2.05, 4.69) is 22.2 Å². The average Bonchev–Trinajstić information content (AvgIpc) is 2.73. The van der Waals surface area contributed by atoms with Gasteiger partial charge in [-0.15, -0.1) is 0 Å². The average molecular weight is 425 g/mol. The molecule has 0 fully saturated rings. The zero-order valence-electron chi connectivity index (χ0n) is 17.3. The highest BCUT2D eigenvalue weighted by Crippen LogP contribution is 2.27. The Balaban J connectivity index is 0.000000414. The summed E-state index contributed by atoms with van der Waals surface area (Å²) in [7, 11) is 0. The molecule has 0 aliphatic carbocycles. The molecule has 8 heteroatoms. The number of carboxylic acids is 1. The molecule has 0 unspecified atom stereocenters. The molecule has 0 bridgehead atoms. The third-order valence-corrected chi connectivity index (χ3v) is 4.29. The second kappa shape index (κ2) is 14.5. The monoisotopic (exact) mass is 425 g/mol. The number of rotatable bonds is 11. The van der Waals surface area contributed by atoms with Gasteiger partial charge in [0.1, 0.15) is 11.4 Å². The maximum Gasteiger partial charge on any atom is 0.433 e. The van der Waals surface area contributed by atoms with Gasteiger partial charge in [-0.1, -0.05) is 57.6 Å². The van der Waals surface area contributed by atoms with Crippen LogP contribution in [0.25, 0.3) is 0 Å². The molecule has 0 aromatic carbocycles. The lowest BCUT2D eigenvalue weighted by Crippen LogP contribution is -2.15. The van der Waals surface area contributed by atoms with Gasteiger partial charge < -0.3 is 10.4 Å². The molecule has 2 aromatic heterocycles. The van der Waals surface area contributed by atoms with Gasteiger partial charge in [0.05, 0.1) is 0 Å². The van der Waals surface area contributed by atoms with Crippen LogP contribution < -0.4 is 5.32 Å². The van der Waals surface area contributed by atoms with Crippen LogP contribution in [0, 0.1) is 0 Å². The van der Waals surface area contributed by atoms with E-state index in [4.69, 9.17) is 5.11 Å². The summed E-state index contributed by atoms with van der Waals surface area (Å²) in [5.74, 6) is -0.990. The molecule has 0 saturated heterocycles. The van der Waals surface area contributed by atoms with E-state index in [1.807, 2.05) is 0 Å². The van der Waals surface area contributed by atoms with Gasteiger partial charge >= 0.3 is 12.1 Å². The standard InChI is InChI=1S/C16H25F3N2.C6H5NO2/c1-2-3-4-5-6-7-8-11-20-12-14-9-10-15(21-13-14)16(17,18)19;8-6(9)5-3-1-2-4-7-5/h9-10,13,20H,2-8,11-12H2,1H3;1-4H,(H,8,9). The zero-order valence-corrected chi connectivity index (χ0v) is 17.3. The third kappa shape index (κ3) is 11.5. The quantitative estimate of drug-likeness (QED) is 0.450. The predicted molar refractivity (Wildman–Crippen MR) is 110 cm³/mol. The summed E-state index contributed by atoms with van der Waals surface area (Å²) in [6, 6.07) is 7.27. The largest absolute Gasteiger partial charge is 0.477 e. The lowest BCUT2D eigenvalue weighted by atomic mass is 10.1. The minimum atomic E-state index is -4.36. The lowest BCUT2D eigenvalue weighted by molar-refractivity contribution is -0.141. The van der Waals surface area contributed by atoms with Crippen molar-refractivity contribution in [2.24, 2.45) is 0 Å². The van der Waals surface area contributed by atoms with E-state index < -0.39 is 17.8 Å². The van der Waals surface area contributed by atoms with E-state index in [9.17, 15) is 18.0 Å². The molecule has 2 rings (SSSR count). The maximum atomic E-state index is 12.3. The minimum absolute atomic E-state index is 0.0810. The van der Waals surface area contributed by atoms with Crippen LogP contribution in [-0.4, -0.2) is 27.6 Å². The normalized spacial score (nSPS) is 10.9. The summed E-state index contributed by atoms with van der Waals surface area (Å²) < 4.78 is 37.0. The van der Waals surface area contributed by atoms with E-state index in [1.54, 1.807) is 12.1 Å². The highest BCUT2D eigenvalue weighted by Gasteiger charge is 2.31. The van der Waals surface area contributed by atoms with Gasteiger partial charge in [0.25, 0.3) is 0 Å². The maximum absolute atomic E-state index is 12.3. The van der Waals surface area contributed by atoms with E-state index in [0.717, 1.165) is 24.6 Å². The molecule has 0 saturated carbocycles. The van der Waals surface area contributed by atoms with Crippen molar-refractivity contribution in [2.45, 2.75) is 64.6 Å². The van der Waals surface area contributed by atoms with Crippen LogP contribution in [0.4, 0.5) is 13.2 Å². The van der Waals surface area contributed by atoms with Crippen molar-refractivity contribution < 1.29 is 23.1 Å². The van der Waals surface area contributed by atoms with E-state index >= 15 is 0 Å². The number of alkyl halides is 3. The van der Waals surface area contributed by atoms with Gasteiger partial charge in [-0.25, -0.2) is 9.78 Å². The van der Waals surface area contributed by atoms with Crippen LogP contribution in [0.15, 0.2) is 42.7 Å². The second-order valence-electron chi connectivity index (χ2n) is 6.87. The Morgan fingerprint density at radius 2 is 1.70 bits per heavy atom. The van der Waals surface area contributed by atoms with Gasteiger partial charge in [0.2, 0.25) is 0 Å². The highest BCUT2D eigenvalue weighted by molar-refractivity contribution is 5.85. The summed E-state index contributed by atoms with van der Waals surface area (Å²) in [4.78, 5) is 17.2. The molecule has 2 aromatic rings. The SMILES string of the molecule is CCCCCCCCCNCc1ccc(C(F)(F)F)nc1.O=C(O)c1ccccn1. The number of unbranched alkanes of at least 4 members (excludes halogenated alkanes) is 6. The van der Waals surface area contributed by atoms with Crippen molar-refractivity contribution in [1.82, 2.24) is 15.3 Å². The summed E-state index contributed by atoms with van der Waals surface area (Å²) in [6.07, 6.45) is 7.18. The Labute approximate surface area is 175 Å². The van der Waals surface area contributed by atoms with E-state index in [0.29, 0.717) is 6.54 Å². The lowest BCUT2D eigenvalue weighted by Gasteiger charge is -2.07. The smallest absolute Gasteiger partial charge is 0.433 e. The molecule has 30 heavy (non-hydrogen) atoms. The van der Waals surface area contributed by atoms with Crippen LogP contribution in [0.3, 0.4) is 0 Å². The first-order valence-corrected chi connectivity index (χ1v) is 10.2. The fourth-order valence-electron chi connectivity index (χ4n) is 2.63. The minimum Gasteiger partial charge on any atom is -0.477 e. The number of aromatic nitrogens is 2. The van der Waals surface area contributed by atoms with Gasteiger partial charge in [-0.3, -0.25) is 4.98 Å². The number of pyridine rings is 2. The van der Waals surface area contributed by atoms with Crippen molar-refractivity contribution in [2.75, 3.05) is 6.54 Å². The Morgan fingerprint density at radius 1 is 1.00 bits per heavy atom. The number of aromatic carboxylic acids is 1. The van der Waals surface area contributed by atoms with Crippen molar-refractivity contribution in [1.29, 1.82) is 0 Å². The number of carboxylic acid groups (broad SMARTS) is 1. The topological polar surface area (TPSA) is 75.1 Å². The molecule has 5 nitrogen and oxygen atoms in total. The van der Waals surface area contributed by atoms with Crippen molar-refractivity contribution in [3.63, 3.8) is 0 Å². The molecule has 0 atom stereocenters. The van der Waals surface area contributed by atoms with Crippen LogP contribution in [0.2, 0.25) is 0 Å². The fraction of sp³-hybridized carbons (Fsp3) is 0.500. The zero-order chi connectivity index (χ0) is 22.2. The Morgan fingerprint density at radius 3 is 2.20 bits per heavy atom. The van der Waals surface area contributed by atoms with Gasteiger partial charge in [0.15, 0.2) is 0 Å². The van der Waals surface area contributed by atoms with Crippen molar-refractivity contribution >= 4 is 5.97 Å². The Hall–Kier alpha value is -2.48. The Kier molecular flexibility index (Phi) is 12.3. The third-order valence-electron chi connectivity index (χ3n) is 4.29. The number of nitrogens with zero attached hydrogens (tertiary/aromatic N) is 2. The van der Waals surface area contributed by atoms with Crippen LogP contribution in [-0.2, 0) is 12.7 Å². The molecular formula is C22H30F3N3O2. The van der Waals surface area contributed by atoms with Crippen LogP contribution in [0.1, 0.15) is 73.6 Å². The van der Waals surface area contributed by atoms with E-state index in [-0.39, 0.29) is 5.69 Å². The molecule has 2 N–H and O–H groups in total. The summed E-state index contributed by atoms with van der Waals surface area (Å²) in [5.41, 5.74) is 0.0294. The van der Waals surface area contributed by atoms with Crippen LogP contribution in [0.5, 0.6) is 0 Å². The first kappa shape index (κ1) is 25.6. The molecular weight excluding hydrogens is 395 g/mol. The van der Waals surface area contributed by atoms with Gasteiger partial charge in [0, 0.05) is 18.9 Å². The molecule has 0 aliphatic heterocycles. The molecule has 0 radical (unpaired) electrons. The number of nitrogens with one attached hydrogen (secondary N) is 1. The van der Waals surface area contributed by atoms with Gasteiger partial charge in [-0.05, 0) is 36.7 Å². The highest BCUT2D eigenvalue weighted by atomic mass is 19.4. The van der Waals surface area contributed by atoms with E-state index in [1.165, 1.54) is 63.1 Å². The summed E-state index contributed by atoms with van der Waals surface area (Å²) in [5, 5.41) is 11.6. The molecule has 0 amide bonds. The first-order chi connectivity index (χ1) is 14.3. The van der Waals surface area contributed by atoms with Crippen molar-refractivity contribution in [3.05, 3.63) is 59.7 Å². The first-order valence-electron chi connectivity index (χ1n) is 10.2. The van der Waals surface area contributed by atoms with Crippen molar-refractivity contribution in [3.8, 4) is 0 Å². The number of hydrogen-bond donors (Lipinski definition) is 2. The summed E-state index contributed by atoms with van der Waals surface area (Å²) in [6.45, 7) is 3.68. The molecule has 0 spiro atoms. The predicted octanol–water partition coefficient (Wildman–Crippen LogP) is 5.72. The molecule has 0 aliphatic rings. The number of carbonyl (C=O) groups is 1. The van der Waals surface area contributed by atoms with Crippen LogP contribution >= 0.6 is 0 Å². The number of hydrogen-bond acceptors (Lipinski definition) is 4. The number of halogens is 3. The Bertz CT molecular complexity index is 708.